The summed E-state index contributed by atoms with van der Waals surface area (Å²) in [7, 11) is 0. The van der Waals surface area contributed by atoms with Gasteiger partial charge in [-0.05, 0) is 44.9 Å². The minimum Gasteiger partial charge on any atom is -0.351 e. The van der Waals surface area contributed by atoms with Crippen molar-refractivity contribution in [1.82, 2.24) is 16.0 Å². The molecule has 1 aliphatic heterocycles. The number of carbonyl (C=O) groups is 1. The minimum absolute atomic E-state index is 0.107. The summed E-state index contributed by atoms with van der Waals surface area (Å²) in [5.74, 6) is 0.107. The summed E-state index contributed by atoms with van der Waals surface area (Å²) in [4.78, 5) is 11.9. The maximum absolute atomic E-state index is 11.9. The summed E-state index contributed by atoms with van der Waals surface area (Å²) < 4.78 is 0. The monoisotopic (exact) mass is 289 g/mol. The summed E-state index contributed by atoms with van der Waals surface area (Å²) in [5, 5.41) is 9.98. The van der Waals surface area contributed by atoms with Crippen molar-refractivity contribution >= 4 is 5.91 Å². The molecule has 1 amide bonds. The van der Waals surface area contributed by atoms with Crippen molar-refractivity contribution in [2.24, 2.45) is 0 Å². The molecule has 21 heavy (non-hydrogen) atoms. The van der Waals surface area contributed by atoms with Gasteiger partial charge in [0.2, 0.25) is 5.91 Å². The van der Waals surface area contributed by atoms with Gasteiger partial charge < -0.3 is 16.0 Å². The van der Waals surface area contributed by atoms with Crippen LogP contribution in [-0.2, 0) is 11.3 Å². The van der Waals surface area contributed by atoms with Crippen LogP contribution in [0.4, 0.5) is 0 Å². The molecule has 0 radical (unpaired) electrons. The molecule has 2 rings (SSSR count). The summed E-state index contributed by atoms with van der Waals surface area (Å²) in [6.07, 6.45) is 1.57. The third-order valence-electron chi connectivity index (χ3n) is 3.61. The van der Waals surface area contributed by atoms with E-state index < -0.39 is 0 Å². The molecule has 4 nitrogen and oxygen atoms in total. The van der Waals surface area contributed by atoms with Crippen LogP contribution in [0.3, 0.4) is 0 Å². The van der Waals surface area contributed by atoms with Crippen LogP contribution >= 0.6 is 0 Å². The molecule has 0 bridgehead atoms. The van der Waals surface area contributed by atoms with Crippen LogP contribution in [0, 0.1) is 0 Å². The zero-order chi connectivity index (χ0) is 15.3. The SMILES string of the molecule is CC(C)(C)NC(=O)CCNC1CCNCc2ccccc21. The van der Waals surface area contributed by atoms with Crippen LogP contribution in [0.2, 0.25) is 0 Å². The lowest BCUT2D eigenvalue weighted by Gasteiger charge is -2.22. The first-order valence-corrected chi connectivity index (χ1v) is 7.78. The van der Waals surface area contributed by atoms with E-state index in [4.69, 9.17) is 0 Å². The Hall–Kier alpha value is -1.39. The van der Waals surface area contributed by atoms with Gasteiger partial charge in [-0.2, -0.15) is 0 Å². The lowest BCUT2D eigenvalue weighted by Crippen LogP contribution is -2.41. The molecular formula is C17H27N3O. The highest BCUT2D eigenvalue weighted by atomic mass is 16.1. The van der Waals surface area contributed by atoms with Crippen molar-refractivity contribution in [2.75, 3.05) is 13.1 Å². The number of benzene rings is 1. The first-order valence-electron chi connectivity index (χ1n) is 7.78. The molecule has 1 aromatic carbocycles. The largest absolute Gasteiger partial charge is 0.351 e. The molecule has 1 aliphatic rings. The highest BCUT2D eigenvalue weighted by molar-refractivity contribution is 5.76. The highest BCUT2D eigenvalue weighted by Crippen LogP contribution is 2.23. The average Bonchev–Trinajstić information content (AvgIpc) is 2.59. The van der Waals surface area contributed by atoms with Crippen LogP contribution in [-0.4, -0.2) is 24.5 Å². The predicted molar refractivity (Wildman–Crippen MR) is 86.0 cm³/mol. The molecule has 3 N–H and O–H groups in total. The maximum Gasteiger partial charge on any atom is 0.221 e. The van der Waals surface area contributed by atoms with Crippen molar-refractivity contribution in [2.45, 2.75) is 51.7 Å². The van der Waals surface area contributed by atoms with Gasteiger partial charge in [-0.3, -0.25) is 4.79 Å². The van der Waals surface area contributed by atoms with E-state index in [2.05, 4.69) is 40.2 Å². The summed E-state index contributed by atoms with van der Waals surface area (Å²) >= 11 is 0. The van der Waals surface area contributed by atoms with E-state index >= 15 is 0 Å². The molecule has 1 atom stereocenters. The highest BCUT2D eigenvalue weighted by Gasteiger charge is 2.18. The summed E-state index contributed by atoms with van der Waals surface area (Å²) in [6, 6.07) is 8.87. The van der Waals surface area contributed by atoms with Gasteiger partial charge >= 0.3 is 0 Å². The molecule has 0 aromatic heterocycles. The Morgan fingerprint density at radius 1 is 1.33 bits per heavy atom. The number of hydrogen-bond donors (Lipinski definition) is 3. The molecular weight excluding hydrogens is 262 g/mol. The van der Waals surface area contributed by atoms with E-state index in [-0.39, 0.29) is 11.4 Å². The molecule has 1 unspecified atom stereocenters. The smallest absolute Gasteiger partial charge is 0.221 e. The van der Waals surface area contributed by atoms with E-state index in [1.807, 2.05) is 20.8 Å². The fourth-order valence-corrected chi connectivity index (χ4v) is 2.71. The summed E-state index contributed by atoms with van der Waals surface area (Å²) in [5.41, 5.74) is 2.56. The van der Waals surface area contributed by atoms with E-state index in [0.29, 0.717) is 19.0 Å². The summed E-state index contributed by atoms with van der Waals surface area (Å²) in [6.45, 7) is 8.66. The van der Waals surface area contributed by atoms with E-state index in [0.717, 1.165) is 19.5 Å². The van der Waals surface area contributed by atoms with Crippen LogP contribution in [0.1, 0.15) is 50.8 Å². The van der Waals surface area contributed by atoms with Crippen molar-refractivity contribution < 1.29 is 4.79 Å². The topological polar surface area (TPSA) is 53.2 Å². The second kappa shape index (κ2) is 7.05. The van der Waals surface area contributed by atoms with Crippen LogP contribution in [0.25, 0.3) is 0 Å². The zero-order valence-corrected chi connectivity index (χ0v) is 13.3. The van der Waals surface area contributed by atoms with Gasteiger partial charge in [-0.25, -0.2) is 0 Å². The molecule has 0 fully saturated rings. The lowest BCUT2D eigenvalue weighted by molar-refractivity contribution is -0.122. The lowest BCUT2D eigenvalue weighted by atomic mass is 9.99. The van der Waals surface area contributed by atoms with E-state index in [1.165, 1.54) is 11.1 Å². The molecule has 0 saturated heterocycles. The first-order chi connectivity index (χ1) is 9.96. The van der Waals surface area contributed by atoms with Gasteiger partial charge in [0.1, 0.15) is 0 Å². The minimum atomic E-state index is -0.157. The number of amides is 1. The Bertz CT molecular complexity index is 479. The normalized spacial score (nSPS) is 18.7. The van der Waals surface area contributed by atoms with Crippen molar-refractivity contribution in [3.05, 3.63) is 35.4 Å². The average molecular weight is 289 g/mol. The molecule has 1 aromatic rings. The number of fused-ring (bicyclic) bond motifs is 1. The number of rotatable bonds is 4. The van der Waals surface area contributed by atoms with Crippen molar-refractivity contribution in [1.29, 1.82) is 0 Å². The number of nitrogens with one attached hydrogen (secondary N) is 3. The third-order valence-corrected chi connectivity index (χ3v) is 3.61. The Morgan fingerprint density at radius 2 is 2.10 bits per heavy atom. The van der Waals surface area contributed by atoms with Crippen molar-refractivity contribution in [3.8, 4) is 0 Å². The van der Waals surface area contributed by atoms with Crippen molar-refractivity contribution in [3.63, 3.8) is 0 Å². The first kappa shape index (κ1) is 16.0. The third kappa shape index (κ3) is 5.14. The van der Waals surface area contributed by atoms with E-state index in [9.17, 15) is 4.79 Å². The zero-order valence-electron chi connectivity index (χ0n) is 13.3. The Labute approximate surface area is 127 Å². The van der Waals surface area contributed by atoms with Gasteiger partial charge in [0, 0.05) is 31.1 Å². The molecule has 4 heteroatoms. The van der Waals surface area contributed by atoms with Gasteiger partial charge in [0.05, 0.1) is 0 Å². The Morgan fingerprint density at radius 3 is 2.86 bits per heavy atom. The quantitative estimate of drug-likeness (QED) is 0.796. The molecule has 1 heterocycles. The molecule has 0 saturated carbocycles. The number of carbonyl (C=O) groups excluding carboxylic acids is 1. The van der Waals surface area contributed by atoms with E-state index in [1.54, 1.807) is 0 Å². The van der Waals surface area contributed by atoms with Crippen LogP contribution < -0.4 is 16.0 Å². The van der Waals surface area contributed by atoms with Gasteiger partial charge in [-0.15, -0.1) is 0 Å². The Kier molecular flexibility index (Phi) is 5.37. The molecule has 0 spiro atoms. The standard InChI is InChI=1S/C17H27N3O/c1-17(2,3)20-16(21)9-11-19-15-8-10-18-12-13-6-4-5-7-14(13)15/h4-7,15,18-19H,8-12H2,1-3H3,(H,20,21). The predicted octanol–water partition coefficient (Wildman–Crippen LogP) is 2.12. The van der Waals surface area contributed by atoms with Gasteiger partial charge in [0.25, 0.3) is 0 Å². The Balaban J connectivity index is 1.87. The number of hydrogen-bond acceptors (Lipinski definition) is 3. The second-order valence-corrected chi connectivity index (χ2v) is 6.72. The second-order valence-electron chi connectivity index (χ2n) is 6.72. The van der Waals surface area contributed by atoms with Gasteiger partial charge in [0.15, 0.2) is 0 Å². The van der Waals surface area contributed by atoms with Gasteiger partial charge in [-0.1, -0.05) is 24.3 Å². The molecule has 116 valence electrons. The van der Waals surface area contributed by atoms with Crippen LogP contribution in [0.5, 0.6) is 0 Å². The van der Waals surface area contributed by atoms with Crippen LogP contribution in [0.15, 0.2) is 24.3 Å². The molecule has 0 aliphatic carbocycles. The maximum atomic E-state index is 11.9. The fraction of sp³-hybridized carbons (Fsp3) is 0.588. The fourth-order valence-electron chi connectivity index (χ4n) is 2.71.